The van der Waals surface area contributed by atoms with Crippen molar-refractivity contribution in [3.8, 4) is 5.69 Å². The number of benzene rings is 1. The van der Waals surface area contributed by atoms with Crippen LogP contribution in [-0.2, 0) is 9.53 Å². The Labute approximate surface area is 159 Å². The van der Waals surface area contributed by atoms with E-state index in [4.69, 9.17) is 33.0 Å². The number of aliphatic carboxylic acids is 1. The maximum absolute atomic E-state index is 10.5. The molecule has 3 rings (SSSR count). The minimum absolute atomic E-state index is 0.0207. The summed E-state index contributed by atoms with van der Waals surface area (Å²) in [6.45, 7) is 1.00. The fraction of sp³-hybridized carbons (Fsp3) is 0.235. The summed E-state index contributed by atoms with van der Waals surface area (Å²) in [6, 6.07) is 5.48. The van der Waals surface area contributed by atoms with E-state index >= 15 is 0 Å². The molecule has 2 heterocycles. The van der Waals surface area contributed by atoms with Gasteiger partial charge in [0, 0.05) is 30.4 Å². The molecule has 3 aromatic rings. The molecule has 26 heavy (non-hydrogen) atoms. The number of imidazole rings is 1. The van der Waals surface area contributed by atoms with Gasteiger partial charge in [0.15, 0.2) is 0 Å². The molecular weight excluding hydrogens is 379 g/mol. The van der Waals surface area contributed by atoms with Gasteiger partial charge in [-0.05, 0) is 12.1 Å². The molecule has 0 bridgehead atoms. The molecule has 0 aliphatic heterocycles. The first kappa shape index (κ1) is 18.4. The zero-order valence-corrected chi connectivity index (χ0v) is 15.2. The lowest BCUT2D eigenvalue weighted by molar-refractivity contribution is -0.138. The number of rotatable bonds is 8. The number of nitrogens with one attached hydrogen (secondary N) is 1. The Morgan fingerprint density at radius 2 is 2.15 bits per heavy atom. The molecule has 2 aromatic heterocycles. The molecule has 0 fully saturated rings. The third-order valence-electron chi connectivity index (χ3n) is 3.65. The zero-order valence-electron chi connectivity index (χ0n) is 13.7. The van der Waals surface area contributed by atoms with Crippen LogP contribution in [0.4, 0.5) is 5.82 Å². The lowest BCUT2D eigenvalue weighted by atomic mass is 10.1. The molecular formula is C17H16Cl2N4O3. The summed E-state index contributed by atoms with van der Waals surface area (Å²) in [7, 11) is 0. The van der Waals surface area contributed by atoms with Gasteiger partial charge in [-0.1, -0.05) is 23.2 Å². The highest BCUT2D eigenvalue weighted by molar-refractivity contribution is 6.45. The third kappa shape index (κ3) is 4.24. The van der Waals surface area contributed by atoms with Gasteiger partial charge in [-0.2, -0.15) is 0 Å². The van der Waals surface area contributed by atoms with Crippen molar-refractivity contribution in [1.82, 2.24) is 14.5 Å². The minimum atomic E-state index is -0.884. The highest BCUT2D eigenvalue weighted by Crippen LogP contribution is 2.33. The van der Waals surface area contributed by atoms with Crippen LogP contribution in [-0.4, -0.2) is 45.4 Å². The van der Waals surface area contributed by atoms with Gasteiger partial charge in [-0.15, -0.1) is 0 Å². The minimum Gasteiger partial charge on any atom is -0.481 e. The van der Waals surface area contributed by atoms with Gasteiger partial charge in [0.2, 0.25) is 0 Å². The van der Waals surface area contributed by atoms with Gasteiger partial charge < -0.3 is 19.7 Å². The van der Waals surface area contributed by atoms with Crippen molar-refractivity contribution in [2.75, 3.05) is 25.1 Å². The maximum Gasteiger partial charge on any atom is 0.305 e. The standard InChI is InChI=1S/C17H16Cl2N4O3/c18-12-2-1-11-13(23-6-4-20-10-23)9-14(22-17(11)16(12)19)21-5-8-26-7-3-15(24)25/h1-2,4,6,9-10H,3,5,7-8H2,(H,21,22)(H,24,25). The summed E-state index contributed by atoms with van der Waals surface area (Å²) in [5, 5.41) is 13.4. The van der Waals surface area contributed by atoms with Crippen molar-refractivity contribution >= 4 is 45.9 Å². The second-order valence-electron chi connectivity index (χ2n) is 5.44. The van der Waals surface area contributed by atoms with Crippen LogP contribution < -0.4 is 5.32 Å². The SMILES string of the molecule is O=C(O)CCOCCNc1cc(-n2ccnc2)c2ccc(Cl)c(Cl)c2n1. The highest BCUT2D eigenvalue weighted by atomic mass is 35.5. The number of ether oxygens (including phenoxy) is 1. The topological polar surface area (TPSA) is 89.3 Å². The lowest BCUT2D eigenvalue weighted by Gasteiger charge is -2.13. The van der Waals surface area contributed by atoms with Crippen LogP contribution in [0.3, 0.4) is 0 Å². The van der Waals surface area contributed by atoms with Crippen LogP contribution in [0.5, 0.6) is 0 Å². The average molecular weight is 395 g/mol. The van der Waals surface area contributed by atoms with Crippen LogP contribution in [0.25, 0.3) is 16.6 Å². The van der Waals surface area contributed by atoms with Crippen LogP contribution in [0.2, 0.25) is 10.0 Å². The summed E-state index contributed by atoms with van der Waals surface area (Å²) in [5.41, 5.74) is 1.44. The van der Waals surface area contributed by atoms with E-state index in [2.05, 4.69) is 15.3 Å². The summed E-state index contributed by atoms with van der Waals surface area (Å²) < 4.78 is 7.13. The molecule has 0 aliphatic rings. The van der Waals surface area contributed by atoms with Gasteiger partial charge in [0.1, 0.15) is 5.82 Å². The van der Waals surface area contributed by atoms with Crippen molar-refractivity contribution in [3.63, 3.8) is 0 Å². The number of carbonyl (C=O) groups is 1. The van der Waals surface area contributed by atoms with Gasteiger partial charge in [0.05, 0.1) is 47.2 Å². The highest BCUT2D eigenvalue weighted by Gasteiger charge is 2.12. The molecule has 0 unspecified atom stereocenters. The Morgan fingerprint density at radius 1 is 1.31 bits per heavy atom. The smallest absolute Gasteiger partial charge is 0.305 e. The predicted octanol–water partition coefficient (Wildman–Crippen LogP) is 3.63. The number of carboxylic acids is 1. The second-order valence-corrected chi connectivity index (χ2v) is 6.22. The zero-order chi connectivity index (χ0) is 18.5. The quantitative estimate of drug-likeness (QED) is 0.567. The second kappa shape index (κ2) is 8.35. The Bertz CT molecular complexity index is 916. The number of pyridine rings is 1. The summed E-state index contributed by atoms with van der Waals surface area (Å²) >= 11 is 12.5. The normalized spacial score (nSPS) is 11.0. The maximum atomic E-state index is 10.5. The average Bonchev–Trinajstić information content (AvgIpc) is 3.15. The molecule has 0 atom stereocenters. The van der Waals surface area contributed by atoms with Gasteiger partial charge >= 0.3 is 5.97 Å². The van der Waals surface area contributed by atoms with Gasteiger partial charge in [-0.25, -0.2) is 9.97 Å². The number of aromatic nitrogens is 3. The largest absolute Gasteiger partial charge is 0.481 e. The number of nitrogens with zero attached hydrogens (tertiary/aromatic N) is 3. The molecule has 0 saturated heterocycles. The van der Waals surface area contributed by atoms with E-state index in [1.54, 1.807) is 18.6 Å². The Balaban J connectivity index is 1.82. The molecule has 9 heteroatoms. The molecule has 2 N–H and O–H groups in total. The molecule has 0 radical (unpaired) electrons. The molecule has 1 aromatic carbocycles. The number of hydrogen-bond acceptors (Lipinski definition) is 5. The van der Waals surface area contributed by atoms with Crippen LogP contribution in [0.1, 0.15) is 6.42 Å². The fourth-order valence-corrected chi connectivity index (χ4v) is 2.79. The van der Waals surface area contributed by atoms with E-state index in [0.29, 0.717) is 34.5 Å². The Kier molecular flexibility index (Phi) is 5.92. The van der Waals surface area contributed by atoms with Gasteiger partial charge in [-0.3, -0.25) is 4.79 Å². The van der Waals surface area contributed by atoms with Gasteiger partial charge in [0.25, 0.3) is 0 Å². The number of hydrogen-bond donors (Lipinski definition) is 2. The third-order valence-corrected chi connectivity index (χ3v) is 4.44. The van der Waals surface area contributed by atoms with Crippen molar-refractivity contribution < 1.29 is 14.6 Å². The van der Waals surface area contributed by atoms with E-state index in [0.717, 1.165) is 11.1 Å². The van der Waals surface area contributed by atoms with E-state index < -0.39 is 5.97 Å². The number of anilines is 1. The summed E-state index contributed by atoms with van der Waals surface area (Å²) in [4.78, 5) is 19.1. The van der Waals surface area contributed by atoms with Crippen LogP contribution in [0, 0.1) is 0 Å². The monoisotopic (exact) mass is 394 g/mol. The molecule has 7 nitrogen and oxygen atoms in total. The molecule has 0 saturated carbocycles. The van der Waals surface area contributed by atoms with E-state index in [-0.39, 0.29) is 13.0 Å². The number of fused-ring (bicyclic) bond motifs is 1. The van der Waals surface area contributed by atoms with Crippen molar-refractivity contribution in [3.05, 3.63) is 47.0 Å². The van der Waals surface area contributed by atoms with E-state index in [1.807, 2.05) is 22.9 Å². The first-order valence-electron chi connectivity index (χ1n) is 7.87. The molecule has 136 valence electrons. The summed E-state index contributed by atoms with van der Waals surface area (Å²) in [5.74, 6) is -0.280. The first-order chi connectivity index (χ1) is 12.6. The Morgan fingerprint density at radius 3 is 2.88 bits per heavy atom. The number of halogens is 2. The van der Waals surface area contributed by atoms with Crippen LogP contribution >= 0.6 is 23.2 Å². The predicted molar refractivity (Wildman–Crippen MR) is 100 cm³/mol. The van der Waals surface area contributed by atoms with E-state index in [1.165, 1.54) is 0 Å². The van der Waals surface area contributed by atoms with E-state index in [9.17, 15) is 4.79 Å². The van der Waals surface area contributed by atoms with Crippen molar-refractivity contribution in [1.29, 1.82) is 0 Å². The summed E-state index contributed by atoms with van der Waals surface area (Å²) in [6.07, 6.45) is 5.19. The van der Waals surface area contributed by atoms with Crippen LogP contribution in [0.15, 0.2) is 36.9 Å². The first-order valence-corrected chi connectivity index (χ1v) is 8.62. The van der Waals surface area contributed by atoms with Crippen molar-refractivity contribution in [2.24, 2.45) is 0 Å². The fourth-order valence-electron chi connectivity index (χ4n) is 2.43. The number of carboxylic acid groups (broad SMARTS) is 1. The van der Waals surface area contributed by atoms with Crippen molar-refractivity contribution in [2.45, 2.75) is 6.42 Å². The molecule has 0 amide bonds. The molecule has 0 spiro atoms. The lowest BCUT2D eigenvalue weighted by Crippen LogP contribution is -2.12. The Hall–Kier alpha value is -2.35. The molecule has 0 aliphatic carbocycles.